The molecule has 1 fully saturated rings. The van der Waals surface area contributed by atoms with Crippen molar-refractivity contribution in [3.05, 3.63) is 53.7 Å². The number of hydrogen-bond acceptors (Lipinski definition) is 5. The maximum atomic E-state index is 12.8. The van der Waals surface area contributed by atoms with Gasteiger partial charge in [-0.05, 0) is 12.1 Å². The van der Waals surface area contributed by atoms with E-state index in [2.05, 4.69) is 21.0 Å². The normalized spacial score (nSPS) is 17.3. The van der Waals surface area contributed by atoms with Crippen molar-refractivity contribution in [2.45, 2.75) is 13.0 Å². The third-order valence-corrected chi connectivity index (χ3v) is 4.09. The zero-order valence-corrected chi connectivity index (χ0v) is 13.1. The van der Waals surface area contributed by atoms with E-state index in [1.54, 1.807) is 29.3 Å². The lowest BCUT2D eigenvalue weighted by Crippen LogP contribution is -2.53. The number of carbonyl (C=O) groups excluding carboxylic acids is 2. The molecule has 0 radical (unpaired) electrons. The number of hydrogen-bond donors (Lipinski definition) is 0. The molecule has 0 spiro atoms. The first-order valence-electron chi connectivity index (χ1n) is 7.68. The first-order chi connectivity index (χ1) is 12.1. The van der Waals surface area contributed by atoms with Crippen molar-refractivity contribution < 1.29 is 14.0 Å². The van der Waals surface area contributed by atoms with Crippen LogP contribution in [0.15, 0.2) is 48.0 Å². The molecule has 126 valence electrons. The standard InChI is InChI=1S/C16H13FN6O2/c17-11-7-14(8-11)22-6-5-21(15(24)16(22)25)10-12-1-2-13(9-18-12)23-4-3-19-20-23/h1-4,9H,5-7,10H2. The van der Waals surface area contributed by atoms with Crippen LogP contribution in [-0.4, -0.2) is 54.7 Å². The van der Waals surface area contributed by atoms with Crippen molar-refractivity contribution in [1.29, 1.82) is 0 Å². The Morgan fingerprint density at radius 2 is 2.04 bits per heavy atom. The second-order valence-corrected chi connectivity index (χ2v) is 5.69. The lowest BCUT2D eigenvalue weighted by Gasteiger charge is -2.35. The summed E-state index contributed by atoms with van der Waals surface area (Å²) < 4.78 is 14.4. The number of pyridine rings is 1. The number of nitrogens with zero attached hydrogens (tertiary/aromatic N) is 6. The van der Waals surface area contributed by atoms with Gasteiger partial charge in [-0.2, -0.15) is 0 Å². The minimum atomic E-state index is -0.652. The van der Waals surface area contributed by atoms with Gasteiger partial charge < -0.3 is 4.90 Å². The van der Waals surface area contributed by atoms with Gasteiger partial charge in [0.25, 0.3) is 0 Å². The van der Waals surface area contributed by atoms with E-state index in [4.69, 9.17) is 0 Å². The number of rotatable bonds is 4. The van der Waals surface area contributed by atoms with E-state index in [9.17, 15) is 14.0 Å². The number of aromatic nitrogens is 4. The van der Waals surface area contributed by atoms with Crippen LogP contribution in [0.5, 0.6) is 0 Å². The van der Waals surface area contributed by atoms with Gasteiger partial charge in [0.2, 0.25) is 0 Å². The highest BCUT2D eigenvalue weighted by Gasteiger charge is 2.36. The molecule has 2 aliphatic rings. The zero-order valence-electron chi connectivity index (χ0n) is 13.1. The summed E-state index contributed by atoms with van der Waals surface area (Å²) in [5, 5.41) is 7.60. The fraction of sp³-hybridized carbons (Fsp3) is 0.250. The fourth-order valence-electron chi connectivity index (χ4n) is 2.72. The molecule has 3 heterocycles. The summed E-state index contributed by atoms with van der Waals surface area (Å²) >= 11 is 0. The number of halogens is 1. The molecule has 0 saturated carbocycles. The molecule has 8 nitrogen and oxygen atoms in total. The Balaban J connectivity index is 1.44. The van der Waals surface area contributed by atoms with E-state index in [1.165, 1.54) is 9.80 Å². The van der Waals surface area contributed by atoms with Crippen molar-refractivity contribution in [2.24, 2.45) is 0 Å². The lowest BCUT2D eigenvalue weighted by atomic mass is 10.1. The predicted octanol–water partition coefficient (Wildman–Crippen LogP) is 0.573. The molecule has 0 N–H and O–H groups in total. The van der Waals surface area contributed by atoms with Crippen molar-refractivity contribution in [3.8, 4) is 5.69 Å². The Labute approximate surface area is 141 Å². The Bertz CT molecular complexity index is 899. The predicted molar refractivity (Wildman–Crippen MR) is 82.5 cm³/mol. The second-order valence-electron chi connectivity index (χ2n) is 5.69. The highest BCUT2D eigenvalue weighted by molar-refractivity contribution is 6.35. The number of carbonyl (C=O) groups is 2. The van der Waals surface area contributed by atoms with Gasteiger partial charge in [-0.1, -0.05) is 10.9 Å². The fourth-order valence-corrected chi connectivity index (χ4v) is 2.72. The van der Waals surface area contributed by atoms with E-state index in [-0.39, 0.29) is 13.0 Å². The quantitative estimate of drug-likeness (QED) is 0.600. The lowest BCUT2D eigenvalue weighted by molar-refractivity contribution is -0.155. The highest BCUT2D eigenvalue weighted by Crippen LogP contribution is 2.25. The van der Waals surface area contributed by atoms with E-state index in [0.29, 0.717) is 24.5 Å². The molecule has 1 saturated heterocycles. The van der Waals surface area contributed by atoms with Crippen LogP contribution in [0.2, 0.25) is 0 Å². The van der Waals surface area contributed by atoms with Crippen molar-refractivity contribution in [3.63, 3.8) is 0 Å². The van der Waals surface area contributed by atoms with Crippen LogP contribution in [0.3, 0.4) is 0 Å². The molecule has 0 unspecified atom stereocenters. The monoisotopic (exact) mass is 340 g/mol. The van der Waals surface area contributed by atoms with Crippen molar-refractivity contribution in [1.82, 2.24) is 29.8 Å². The minimum Gasteiger partial charge on any atom is -0.327 e. The van der Waals surface area contributed by atoms with E-state index >= 15 is 0 Å². The topological polar surface area (TPSA) is 84.2 Å². The van der Waals surface area contributed by atoms with Gasteiger partial charge in [0.15, 0.2) is 5.83 Å². The molecule has 1 aliphatic carbocycles. The molecule has 1 aliphatic heterocycles. The van der Waals surface area contributed by atoms with E-state index in [0.717, 1.165) is 5.69 Å². The van der Waals surface area contributed by atoms with Gasteiger partial charge in [0.05, 0.1) is 48.6 Å². The molecular formula is C16H13FN6O2. The summed E-state index contributed by atoms with van der Waals surface area (Å²) in [6, 6.07) is 3.58. The molecule has 0 atom stereocenters. The SMILES string of the molecule is O=C1C(=O)N(C2=C=C(F)C2)CCN1Cc1ccc(-n2ccnn2)cn1. The smallest absolute Gasteiger partial charge is 0.316 e. The molecule has 2 aromatic heterocycles. The summed E-state index contributed by atoms with van der Waals surface area (Å²) in [7, 11) is 0. The van der Waals surface area contributed by atoms with Crippen LogP contribution in [0.4, 0.5) is 4.39 Å². The van der Waals surface area contributed by atoms with Crippen LogP contribution >= 0.6 is 0 Å². The van der Waals surface area contributed by atoms with Gasteiger partial charge in [0.1, 0.15) is 0 Å². The molecule has 9 heteroatoms. The molecular weight excluding hydrogens is 327 g/mol. The number of piperazine rings is 1. The molecule has 4 rings (SSSR count). The summed E-state index contributed by atoms with van der Waals surface area (Å²) in [6.45, 7) is 0.931. The van der Waals surface area contributed by atoms with Gasteiger partial charge >= 0.3 is 11.8 Å². The minimum absolute atomic E-state index is 0.0598. The Morgan fingerprint density at radius 3 is 2.68 bits per heavy atom. The first-order valence-corrected chi connectivity index (χ1v) is 7.68. The molecule has 2 aromatic rings. The van der Waals surface area contributed by atoms with Crippen molar-refractivity contribution in [2.75, 3.05) is 13.1 Å². The van der Waals surface area contributed by atoms with Crippen LogP contribution < -0.4 is 0 Å². The van der Waals surface area contributed by atoms with Crippen LogP contribution in [-0.2, 0) is 16.1 Å². The van der Waals surface area contributed by atoms with E-state index < -0.39 is 17.6 Å². The molecule has 0 bridgehead atoms. The summed E-state index contributed by atoms with van der Waals surface area (Å²) in [5.74, 6) is -1.66. The molecule has 0 aromatic carbocycles. The Kier molecular flexibility index (Phi) is 3.62. The van der Waals surface area contributed by atoms with Gasteiger partial charge in [-0.3, -0.25) is 19.5 Å². The Morgan fingerprint density at radius 1 is 1.20 bits per heavy atom. The largest absolute Gasteiger partial charge is 0.327 e. The Hall–Kier alpha value is -3.32. The summed E-state index contributed by atoms with van der Waals surface area (Å²) in [5.41, 5.74) is 4.27. The first kappa shape index (κ1) is 15.2. The maximum Gasteiger partial charge on any atom is 0.316 e. The maximum absolute atomic E-state index is 12.8. The van der Waals surface area contributed by atoms with Crippen LogP contribution in [0.1, 0.15) is 12.1 Å². The van der Waals surface area contributed by atoms with Crippen LogP contribution in [0.25, 0.3) is 5.69 Å². The average molecular weight is 340 g/mol. The highest BCUT2D eigenvalue weighted by atomic mass is 19.1. The molecule has 25 heavy (non-hydrogen) atoms. The summed E-state index contributed by atoms with van der Waals surface area (Å²) in [6.07, 6.45) is 4.95. The van der Waals surface area contributed by atoms with Gasteiger partial charge in [0, 0.05) is 13.1 Å². The van der Waals surface area contributed by atoms with Crippen LogP contribution in [0, 0.1) is 0 Å². The average Bonchev–Trinajstić information content (AvgIpc) is 3.12. The van der Waals surface area contributed by atoms with Gasteiger partial charge in [-0.25, -0.2) is 9.07 Å². The second kappa shape index (κ2) is 5.95. The van der Waals surface area contributed by atoms with Gasteiger partial charge in [-0.15, -0.1) is 5.10 Å². The number of amides is 2. The zero-order chi connectivity index (χ0) is 17.4. The van der Waals surface area contributed by atoms with E-state index in [1.807, 2.05) is 6.07 Å². The summed E-state index contributed by atoms with van der Waals surface area (Å²) in [4.78, 5) is 31.5. The third-order valence-electron chi connectivity index (χ3n) is 4.09. The van der Waals surface area contributed by atoms with Crippen molar-refractivity contribution >= 4 is 11.8 Å². The molecule has 2 amide bonds. The third kappa shape index (κ3) is 2.81.